The number of aliphatic hydroxyl groups excluding tert-OH is 1. The largest absolute Gasteiger partial charge is 0.396 e. The lowest BCUT2D eigenvalue weighted by Gasteiger charge is -2.39. The smallest absolute Gasteiger partial charge is 0.187 e. The first-order valence-electron chi connectivity index (χ1n) is 5.11. The van der Waals surface area contributed by atoms with Gasteiger partial charge in [-0.25, -0.2) is 14.4 Å². The van der Waals surface area contributed by atoms with E-state index >= 15 is 0 Å². The average Bonchev–Trinajstić information content (AvgIpc) is 2.19. The minimum absolute atomic E-state index is 0.157. The van der Waals surface area contributed by atoms with Crippen molar-refractivity contribution in [3.05, 3.63) is 17.8 Å². The van der Waals surface area contributed by atoms with Crippen molar-refractivity contribution in [2.75, 3.05) is 24.6 Å². The van der Waals surface area contributed by atoms with Crippen LogP contribution >= 0.6 is 0 Å². The van der Waals surface area contributed by atoms with E-state index in [1.54, 1.807) is 0 Å². The van der Waals surface area contributed by atoms with Gasteiger partial charge >= 0.3 is 0 Å². The predicted molar refractivity (Wildman–Crippen MR) is 54.2 cm³/mol. The summed E-state index contributed by atoms with van der Waals surface area (Å²) >= 11 is 0. The summed E-state index contributed by atoms with van der Waals surface area (Å²) in [6.45, 7) is 3.37. The molecule has 0 amide bonds. The van der Waals surface area contributed by atoms with Gasteiger partial charge in [0.2, 0.25) is 0 Å². The van der Waals surface area contributed by atoms with Gasteiger partial charge in [-0.15, -0.1) is 0 Å². The molecule has 1 saturated heterocycles. The third kappa shape index (κ3) is 1.79. The molecule has 1 aromatic rings. The first kappa shape index (κ1) is 10.3. The molecule has 1 fully saturated rings. The van der Waals surface area contributed by atoms with Crippen molar-refractivity contribution in [2.24, 2.45) is 5.92 Å². The van der Waals surface area contributed by atoms with Crippen LogP contribution in [0.3, 0.4) is 0 Å². The number of hydrogen-bond donors (Lipinski definition) is 1. The standard InChI is InChI=1S/C10H14FN3O/c1-2-8-9(11)10(13-6-12-8)14-3-7(4-14)5-15/h6-7,15H,2-5H2,1H3. The predicted octanol–water partition coefficient (Wildman–Crippen LogP) is 0.607. The Morgan fingerprint density at radius 2 is 2.27 bits per heavy atom. The molecule has 0 aliphatic carbocycles. The van der Waals surface area contributed by atoms with Crippen molar-refractivity contribution in [1.82, 2.24) is 9.97 Å². The van der Waals surface area contributed by atoms with Gasteiger partial charge in [0.05, 0.1) is 5.69 Å². The van der Waals surface area contributed by atoms with E-state index in [4.69, 9.17) is 5.11 Å². The molecule has 0 radical (unpaired) electrons. The van der Waals surface area contributed by atoms with Crippen molar-refractivity contribution >= 4 is 5.82 Å². The van der Waals surface area contributed by atoms with Crippen molar-refractivity contribution in [3.63, 3.8) is 0 Å². The summed E-state index contributed by atoms with van der Waals surface area (Å²) in [5, 5.41) is 8.87. The number of aliphatic hydroxyl groups is 1. The van der Waals surface area contributed by atoms with E-state index in [0.717, 1.165) is 0 Å². The first-order valence-corrected chi connectivity index (χ1v) is 5.11. The van der Waals surface area contributed by atoms with Crippen LogP contribution in [0.15, 0.2) is 6.33 Å². The molecule has 5 heteroatoms. The Hall–Kier alpha value is -1.23. The zero-order chi connectivity index (χ0) is 10.8. The Morgan fingerprint density at radius 1 is 1.53 bits per heavy atom. The Labute approximate surface area is 87.8 Å². The first-order chi connectivity index (χ1) is 7.26. The van der Waals surface area contributed by atoms with Gasteiger partial charge in [-0.1, -0.05) is 6.92 Å². The molecule has 1 aliphatic rings. The lowest BCUT2D eigenvalue weighted by Crippen LogP contribution is -2.49. The normalized spacial score (nSPS) is 16.6. The average molecular weight is 211 g/mol. The van der Waals surface area contributed by atoms with E-state index in [2.05, 4.69) is 9.97 Å². The van der Waals surface area contributed by atoms with Crippen molar-refractivity contribution in [2.45, 2.75) is 13.3 Å². The molecule has 1 aromatic heterocycles. The van der Waals surface area contributed by atoms with Gasteiger partial charge in [0.15, 0.2) is 11.6 Å². The summed E-state index contributed by atoms with van der Waals surface area (Å²) in [5.74, 6) is 0.299. The van der Waals surface area contributed by atoms with Crippen LogP contribution in [0.25, 0.3) is 0 Å². The summed E-state index contributed by atoms with van der Waals surface area (Å²) in [4.78, 5) is 9.64. The van der Waals surface area contributed by atoms with Gasteiger partial charge < -0.3 is 10.0 Å². The molecule has 0 unspecified atom stereocenters. The maximum atomic E-state index is 13.7. The second kappa shape index (κ2) is 4.10. The number of hydrogen-bond acceptors (Lipinski definition) is 4. The highest BCUT2D eigenvalue weighted by atomic mass is 19.1. The third-order valence-corrected chi connectivity index (χ3v) is 2.69. The van der Waals surface area contributed by atoms with Crippen LogP contribution in [0.2, 0.25) is 0 Å². The lowest BCUT2D eigenvalue weighted by molar-refractivity contribution is 0.199. The molecule has 2 heterocycles. The molecule has 4 nitrogen and oxygen atoms in total. The number of nitrogens with zero attached hydrogens (tertiary/aromatic N) is 3. The molecule has 0 aromatic carbocycles. The second-order valence-electron chi connectivity index (χ2n) is 3.77. The fraction of sp³-hybridized carbons (Fsp3) is 0.600. The van der Waals surface area contributed by atoms with E-state index in [1.165, 1.54) is 6.33 Å². The molecular formula is C10H14FN3O. The minimum atomic E-state index is -0.323. The van der Waals surface area contributed by atoms with E-state index in [9.17, 15) is 4.39 Å². The van der Waals surface area contributed by atoms with E-state index in [0.29, 0.717) is 31.0 Å². The molecule has 0 saturated carbocycles. The van der Waals surface area contributed by atoms with Crippen LogP contribution < -0.4 is 4.90 Å². The zero-order valence-electron chi connectivity index (χ0n) is 8.65. The van der Waals surface area contributed by atoms with Crippen LogP contribution in [-0.4, -0.2) is 34.8 Å². The van der Waals surface area contributed by atoms with Crippen LogP contribution in [0.4, 0.5) is 10.2 Å². The molecule has 0 bridgehead atoms. The maximum absolute atomic E-state index is 13.7. The zero-order valence-corrected chi connectivity index (χ0v) is 8.65. The molecule has 0 atom stereocenters. The highest BCUT2D eigenvalue weighted by Crippen LogP contribution is 2.25. The molecule has 1 N–H and O–H groups in total. The summed E-state index contributed by atoms with van der Waals surface area (Å²) in [7, 11) is 0. The number of aromatic nitrogens is 2. The van der Waals surface area contributed by atoms with E-state index in [-0.39, 0.29) is 18.3 Å². The highest BCUT2D eigenvalue weighted by Gasteiger charge is 2.29. The van der Waals surface area contributed by atoms with Crippen molar-refractivity contribution in [1.29, 1.82) is 0 Å². The third-order valence-electron chi connectivity index (χ3n) is 2.69. The fourth-order valence-corrected chi connectivity index (χ4v) is 1.72. The van der Waals surface area contributed by atoms with Gasteiger partial charge in [-0.05, 0) is 6.42 Å². The molecule has 0 spiro atoms. The Morgan fingerprint density at radius 3 is 2.87 bits per heavy atom. The summed E-state index contributed by atoms with van der Waals surface area (Å²) in [6.07, 6.45) is 1.96. The molecule has 82 valence electrons. The molecule has 15 heavy (non-hydrogen) atoms. The Balaban J connectivity index is 2.16. The topological polar surface area (TPSA) is 49.2 Å². The van der Waals surface area contributed by atoms with Gasteiger partial charge in [-0.3, -0.25) is 0 Å². The molecule has 1 aliphatic heterocycles. The Bertz CT molecular complexity index is 353. The second-order valence-corrected chi connectivity index (χ2v) is 3.77. The van der Waals surface area contributed by atoms with Gasteiger partial charge in [0, 0.05) is 25.6 Å². The van der Waals surface area contributed by atoms with Crippen molar-refractivity contribution < 1.29 is 9.50 Å². The maximum Gasteiger partial charge on any atom is 0.187 e. The van der Waals surface area contributed by atoms with E-state index < -0.39 is 0 Å². The lowest BCUT2D eigenvalue weighted by atomic mass is 10.0. The van der Waals surface area contributed by atoms with Crippen LogP contribution in [0.1, 0.15) is 12.6 Å². The van der Waals surface area contributed by atoms with Crippen LogP contribution in [0, 0.1) is 11.7 Å². The molecular weight excluding hydrogens is 197 g/mol. The van der Waals surface area contributed by atoms with Crippen LogP contribution in [-0.2, 0) is 6.42 Å². The van der Waals surface area contributed by atoms with Crippen LogP contribution in [0.5, 0.6) is 0 Å². The highest BCUT2D eigenvalue weighted by molar-refractivity contribution is 5.43. The van der Waals surface area contributed by atoms with E-state index in [1.807, 2.05) is 11.8 Å². The van der Waals surface area contributed by atoms with Gasteiger partial charge in [-0.2, -0.15) is 0 Å². The number of rotatable bonds is 3. The summed E-state index contributed by atoms with van der Waals surface area (Å²) in [6, 6.07) is 0. The van der Waals surface area contributed by atoms with Crippen molar-refractivity contribution in [3.8, 4) is 0 Å². The van der Waals surface area contributed by atoms with Gasteiger partial charge in [0.25, 0.3) is 0 Å². The number of anilines is 1. The Kier molecular flexibility index (Phi) is 2.81. The SMILES string of the molecule is CCc1ncnc(N2CC(CO)C2)c1F. The quantitative estimate of drug-likeness (QED) is 0.795. The number of halogens is 1. The fourth-order valence-electron chi connectivity index (χ4n) is 1.72. The minimum Gasteiger partial charge on any atom is -0.396 e. The monoisotopic (exact) mass is 211 g/mol. The molecule has 2 rings (SSSR count). The summed E-state index contributed by atoms with van der Waals surface area (Å²) in [5.41, 5.74) is 0.451. The summed E-state index contributed by atoms with van der Waals surface area (Å²) < 4.78 is 13.7. The van der Waals surface area contributed by atoms with Gasteiger partial charge in [0.1, 0.15) is 6.33 Å². The number of aryl methyl sites for hydroxylation is 1.